The molecule has 2 nitrogen and oxygen atoms in total. The van der Waals surface area contributed by atoms with Gasteiger partial charge in [-0.3, -0.25) is 0 Å². The molecule has 18 heavy (non-hydrogen) atoms. The second-order valence-electron chi connectivity index (χ2n) is 3.68. The molecule has 0 atom stereocenters. The highest BCUT2D eigenvalue weighted by molar-refractivity contribution is 7.98. The number of hydrogen-bond acceptors (Lipinski definition) is 3. The van der Waals surface area contributed by atoms with Gasteiger partial charge in [0.15, 0.2) is 0 Å². The van der Waals surface area contributed by atoms with Crippen molar-refractivity contribution in [3.8, 4) is 0 Å². The number of aromatic nitrogens is 1. The van der Waals surface area contributed by atoms with Crippen molar-refractivity contribution < 1.29 is 13.2 Å². The van der Waals surface area contributed by atoms with Crippen LogP contribution >= 0.6 is 23.4 Å². The Morgan fingerprint density at radius 1 is 1.39 bits per heavy atom. The predicted molar refractivity (Wildman–Crippen MR) is 70.4 cm³/mol. The molecule has 0 unspecified atom stereocenters. The number of rotatable bonds is 6. The highest BCUT2D eigenvalue weighted by Crippen LogP contribution is 2.32. The van der Waals surface area contributed by atoms with Crippen LogP contribution in [0.15, 0.2) is 12.3 Å². The predicted octanol–water partition coefficient (Wildman–Crippen LogP) is 4.31. The Kier molecular flexibility index (Phi) is 6.08. The van der Waals surface area contributed by atoms with E-state index in [9.17, 15) is 13.2 Å². The van der Waals surface area contributed by atoms with Crippen LogP contribution in [0.1, 0.15) is 18.4 Å². The largest absolute Gasteiger partial charge is 0.417 e. The Labute approximate surface area is 113 Å². The summed E-state index contributed by atoms with van der Waals surface area (Å²) in [7, 11) is 0. The number of alkyl halides is 3. The van der Waals surface area contributed by atoms with Gasteiger partial charge in [-0.05, 0) is 30.9 Å². The molecule has 0 aliphatic rings. The van der Waals surface area contributed by atoms with E-state index in [1.165, 1.54) is 0 Å². The molecule has 0 aliphatic heterocycles. The number of nitrogens with one attached hydrogen (secondary N) is 1. The summed E-state index contributed by atoms with van der Waals surface area (Å²) >= 11 is 7.51. The number of hydrogen-bond donors (Lipinski definition) is 1. The van der Waals surface area contributed by atoms with Crippen LogP contribution in [0.3, 0.4) is 0 Å². The van der Waals surface area contributed by atoms with Crippen LogP contribution in [0.2, 0.25) is 5.02 Å². The van der Waals surface area contributed by atoms with Crippen molar-refractivity contribution in [2.75, 3.05) is 23.9 Å². The van der Waals surface area contributed by atoms with E-state index in [2.05, 4.69) is 10.3 Å². The first-order chi connectivity index (χ1) is 8.45. The number of halogens is 4. The molecule has 0 spiro atoms. The van der Waals surface area contributed by atoms with E-state index >= 15 is 0 Å². The van der Waals surface area contributed by atoms with E-state index in [0.29, 0.717) is 12.4 Å². The van der Waals surface area contributed by atoms with Crippen molar-refractivity contribution in [3.63, 3.8) is 0 Å². The monoisotopic (exact) mass is 298 g/mol. The molecule has 1 aromatic rings. The maximum atomic E-state index is 12.4. The van der Waals surface area contributed by atoms with Gasteiger partial charge in [0.05, 0.1) is 10.6 Å². The molecule has 0 aromatic carbocycles. The second kappa shape index (κ2) is 7.09. The molecule has 1 aromatic heterocycles. The molecule has 0 fully saturated rings. The maximum absolute atomic E-state index is 12.4. The number of nitrogens with zero attached hydrogens (tertiary/aromatic N) is 1. The first-order valence-corrected chi connectivity index (χ1v) is 7.18. The van der Waals surface area contributed by atoms with Gasteiger partial charge in [-0.15, -0.1) is 0 Å². The molecule has 0 aliphatic carbocycles. The summed E-state index contributed by atoms with van der Waals surface area (Å²) in [4.78, 5) is 3.69. The molecule has 1 N–H and O–H groups in total. The summed E-state index contributed by atoms with van der Waals surface area (Å²) in [5, 5.41) is 2.93. The Balaban J connectivity index is 2.53. The summed E-state index contributed by atoms with van der Waals surface area (Å²) < 4.78 is 37.1. The van der Waals surface area contributed by atoms with Gasteiger partial charge >= 0.3 is 6.18 Å². The van der Waals surface area contributed by atoms with Crippen LogP contribution in [0, 0.1) is 0 Å². The van der Waals surface area contributed by atoms with Crippen molar-refractivity contribution in [1.29, 1.82) is 0 Å². The third kappa shape index (κ3) is 4.94. The van der Waals surface area contributed by atoms with E-state index < -0.39 is 11.7 Å². The third-order valence-corrected chi connectivity index (χ3v) is 3.22. The van der Waals surface area contributed by atoms with Crippen molar-refractivity contribution in [2.24, 2.45) is 0 Å². The summed E-state index contributed by atoms with van der Waals surface area (Å²) in [5.74, 6) is 1.37. The van der Waals surface area contributed by atoms with Gasteiger partial charge in [-0.1, -0.05) is 11.6 Å². The van der Waals surface area contributed by atoms with Gasteiger partial charge in [0, 0.05) is 12.7 Å². The van der Waals surface area contributed by atoms with Crippen LogP contribution in [-0.4, -0.2) is 23.5 Å². The fraction of sp³-hybridized carbons (Fsp3) is 0.545. The molecular weight excluding hydrogens is 285 g/mol. The number of pyridine rings is 1. The highest BCUT2D eigenvalue weighted by atomic mass is 35.5. The van der Waals surface area contributed by atoms with E-state index in [1.54, 1.807) is 11.8 Å². The SMILES string of the molecule is CSCCCCNc1ncc(C(F)(F)F)cc1Cl. The number of unbranched alkanes of at least 4 members (excludes halogenated alkanes) is 1. The van der Waals surface area contributed by atoms with Gasteiger partial charge in [-0.25, -0.2) is 4.98 Å². The zero-order chi connectivity index (χ0) is 13.6. The Morgan fingerprint density at radius 3 is 2.67 bits per heavy atom. The smallest absolute Gasteiger partial charge is 0.369 e. The van der Waals surface area contributed by atoms with Gasteiger partial charge in [0.1, 0.15) is 5.82 Å². The quantitative estimate of drug-likeness (QED) is 0.792. The molecule has 0 saturated heterocycles. The Hall–Kier alpha value is -0.620. The van der Waals surface area contributed by atoms with E-state index in [-0.39, 0.29) is 5.02 Å². The van der Waals surface area contributed by atoms with Crippen molar-refractivity contribution in [1.82, 2.24) is 4.98 Å². The Morgan fingerprint density at radius 2 is 2.11 bits per heavy atom. The summed E-state index contributed by atoms with van der Waals surface area (Å²) in [6, 6.07) is 0.888. The lowest BCUT2D eigenvalue weighted by molar-refractivity contribution is -0.137. The zero-order valence-corrected chi connectivity index (χ0v) is 11.4. The lowest BCUT2D eigenvalue weighted by Crippen LogP contribution is -2.08. The lowest BCUT2D eigenvalue weighted by atomic mass is 10.2. The molecule has 0 radical (unpaired) electrons. The fourth-order valence-electron chi connectivity index (χ4n) is 1.30. The van der Waals surface area contributed by atoms with E-state index in [4.69, 9.17) is 11.6 Å². The van der Waals surface area contributed by atoms with Crippen molar-refractivity contribution in [3.05, 3.63) is 22.8 Å². The van der Waals surface area contributed by atoms with Crippen LogP contribution in [-0.2, 0) is 6.18 Å². The van der Waals surface area contributed by atoms with Crippen LogP contribution in [0.25, 0.3) is 0 Å². The molecule has 1 rings (SSSR count). The molecule has 7 heteroatoms. The van der Waals surface area contributed by atoms with Gasteiger partial charge in [0.25, 0.3) is 0 Å². The van der Waals surface area contributed by atoms with Crippen LogP contribution < -0.4 is 5.32 Å². The topological polar surface area (TPSA) is 24.9 Å². The molecule has 0 saturated carbocycles. The highest BCUT2D eigenvalue weighted by Gasteiger charge is 2.31. The summed E-state index contributed by atoms with van der Waals surface area (Å²) in [6.07, 6.45) is 0.387. The molecule has 102 valence electrons. The van der Waals surface area contributed by atoms with Gasteiger partial charge in [0.2, 0.25) is 0 Å². The van der Waals surface area contributed by atoms with Gasteiger partial charge in [-0.2, -0.15) is 24.9 Å². The van der Waals surface area contributed by atoms with Crippen molar-refractivity contribution in [2.45, 2.75) is 19.0 Å². The number of thioether (sulfide) groups is 1. The summed E-state index contributed by atoms with van der Waals surface area (Å²) in [6.45, 7) is 0.651. The minimum Gasteiger partial charge on any atom is -0.369 e. The standard InChI is InChI=1S/C11H14ClF3N2S/c1-18-5-3-2-4-16-10-9(12)6-8(7-17-10)11(13,14)15/h6-7H,2-5H2,1H3,(H,16,17). The lowest BCUT2D eigenvalue weighted by Gasteiger charge is -2.10. The van der Waals surface area contributed by atoms with E-state index in [1.807, 2.05) is 6.26 Å². The average Bonchev–Trinajstić information content (AvgIpc) is 2.29. The minimum atomic E-state index is -4.41. The average molecular weight is 299 g/mol. The fourth-order valence-corrected chi connectivity index (χ4v) is 2.03. The van der Waals surface area contributed by atoms with Crippen LogP contribution in [0.5, 0.6) is 0 Å². The molecule has 0 bridgehead atoms. The van der Waals surface area contributed by atoms with E-state index in [0.717, 1.165) is 30.9 Å². The second-order valence-corrected chi connectivity index (χ2v) is 5.07. The number of anilines is 1. The van der Waals surface area contributed by atoms with Crippen LogP contribution in [0.4, 0.5) is 19.0 Å². The van der Waals surface area contributed by atoms with Crippen molar-refractivity contribution >= 4 is 29.2 Å². The maximum Gasteiger partial charge on any atom is 0.417 e. The third-order valence-electron chi connectivity index (χ3n) is 2.24. The summed E-state index contributed by atoms with van der Waals surface area (Å²) in [5.41, 5.74) is -0.833. The minimum absolute atomic E-state index is 0.00492. The Bertz CT molecular complexity index is 385. The first-order valence-electron chi connectivity index (χ1n) is 5.40. The molecular formula is C11H14ClF3N2S. The molecule has 1 heterocycles. The molecule has 0 amide bonds. The normalized spacial score (nSPS) is 11.6. The van der Waals surface area contributed by atoms with Gasteiger partial charge < -0.3 is 5.32 Å². The first kappa shape index (κ1) is 15.4. The zero-order valence-electron chi connectivity index (χ0n) is 9.85.